The molecule has 1 aliphatic carbocycles. The zero-order chi connectivity index (χ0) is 11.4. The summed E-state index contributed by atoms with van der Waals surface area (Å²) in [5.74, 6) is 0.910. The SMILES string of the molecule is C=C(C)COc1cccc(NC2CCC2)c1. The van der Waals surface area contributed by atoms with Crippen molar-refractivity contribution in [2.45, 2.75) is 32.2 Å². The molecule has 0 aliphatic heterocycles. The summed E-state index contributed by atoms with van der Waals surface area (Å²) in [5.41, 5.74) is 2.20. The van der Waals surface area contributed by atoms with E-state index < -0.39 is 0 Å². The molecule has 2 nitrogen and oxygen atoms in total. The number of hydrogen-bond donors (Lipinski definition) is 1. The van der Waals surface area contributed by atoms with E-state index >= 15 is 0 Å². The Morgan fingerprint density at radius 1 is 1.50 bits per heavy atom. The summed E-state index contributed by atoms with van der Waals surface area (Å²) >= 11 is 0. The lowest BCUT2D eigenvalue weighted by Crippen LogP contribution is -2.26. The quantitative estimate of drug-likeness (QED) is 0.761. The first-order valence-corrected chi connectivity index (χ1v) is 5.88. The number of nitrogens with one attached hydrogen (secondary N) is 1. The third kappa shape index (κ3) is 3.02. The molecule has 1 fully saturated rings. The van der Waals surface area contributed by atoms with Crippen molar-refractivity contribution in [2.24, 2.45) is 0 Å². The van der Waals surface area contributed by atoms with Gasteiger partial charge in [-0.25, -0.2) is 0 Å². The normalized spacial score (nSPS) is 15.3. The van der Waals surface area contributed by atoms with Crippen LogP contribution in [-0.2, 0) is 0 Å². The van der Waals surface area contributed by atoms with Crippen molar-refractivity contribution >= 4 is 5.69 Å². The van der Waals surface area contributed by atoms with Gasteiger partial charge in [-0.1, -0.05) is 12.6 Å². The fourth-order valence-electron chi connectivity index (χ4n) is 1.67. The first kappa shape index (κ1) is 11.1. The van der Waals surface area contributed by atoms with Crippen molar-refractivity contribution in [2.75, 3.05) is 11.9 Å². The molecule has 0 spiro atoms. The van der Waals surface area contributed by atoms with Gasteiger partial charge in [-0.3, -0.25) is 0 Å². The second kappa shape index (κ2) is 5.06. The average Bonchev–Trinajstić information content (AvgIpc) is 2.21. The van der Waals surface area contributed by atoms with Gasteiger partial charge in [-0.05, 0) is 43.9 Å². The molecule has 86 valence electrons. The molecule has 16 heavy (non-hydrogen) atoms. The number of rotatable bonds is 5. The molecule has 1 N–H and O–H groups in total. The smallest absolute Gasteiger partial charge is 0.121 e. The Morgan fingerprint density at radius 2 is 2.31 bits per heavy atom. The largest absolute Gasteiger partial charge is 0.489 e. The Labute approximate surface area is 97.3 Å². The summed E-state index contributed by atoms with van der Waals surface area (Å²) in [7, 11) is 0. The molecule has 0 atom stereocenters. The van der Waals surface area contributed by atoms with E-state index in [1.54, 1.807) is 0 Å². The van der Waals surface area contributed by atoms with Gasteiger partial charge in [0.2, 0.25) is 0 Å². The van der Waals surface area contributed by atoms with Crippen LogP contribution in [0.15, 0.2) is 36.4 Å². The Hall–Kier alpha value is -1.44. The molecule has 1 aromatic carbocycles. The molecule has 0 saturated heterocycles. The van der Waals surface area contributed by atoms with Crippen LogP contribution in [0.25, 0.3) is 0 Å². The summed E-state index contributed by atoms with van der Waals surface area (Å²) in [6.07, 6.45) is 3.93. The van der Waals surface area contributed by atoms with Crippen LogP contribution in [0.2, 0.25) is 0 Å². The molecule has 2 heteroatoms. The van der Waals surface area contributed by atoms with Crippen LogP contribution in [0.4, 0.5) is 5.69 Å². The maximum atomic E-state index is 5.60. The van der Waals surface area contributed by atoms with E-state index in [4.69, 9.17) is 4.74 Å². The van der Waals surface area contributed by atoms with Crippen molar-refractivity contribution in [3.05, 3.63) is 36.4 Å². The fourth-order valence-corrected chi connectivity index (χ4v) is 1.67. The van der Waals surface area contributed by atoms with Gasteiger partial charge < -0.3 is 10.1 Å². The van der Waals surface area contributed by atoms with Gasteiger partial charge in [0.1, 0.15) is 12.4 Å². The Bertz CT molecular complexity index is 369. The van der Waals surface area contributed by atoms with Crippen molar-refractivity contribution in [3.63, 3.8) is 0 Å². The minimum absolute atomic E-state index is 0.590. The van der Waals surface area contributed by atoms with Gasteiger partial charge in [-0.15, -0.1) is 0 Å². The maximum Gasteiger partial charge on any atom is 0.121 e. The van der Waals surface area contributed by atoms with Gasteiger partial charge in [0, 0.05) is 17.8 Å². The first-order chi connectivity index (χ1) is 7.74. The number of hydrogen-bond acceptors (Lipinski definition) is 2. The highest BCUT2D eigenvalue weighted by molar-refractivity contribution is 5.49. The molecule has 0 unspecified atom stereocenters. The van der Waals surface area contributed by atoms with E-state index in [0.717, 1.165) is 17.0 Å². The van der Waals surface area contributed by atoms with Crippen molar-refractivity contribution in [1.82, 2.24) is 0 Å². The van der Waals surface area contributed by atoms with Crippen LogP contribution in [0.3, 0.4) is 0 Å². The summed E-state index contributed by atoms with van der Waals surface area (Å²) in [6, 6.07) is 8.81. The topological polar surface area (TPSA) is 21.3 Å². The molecule has 0 aromatic heterocycles. The van der Waals surface area contributed by atoms with Crippen molar-refractivity contribution in [3.8, 4) is 5.75 Å². The molecular formula is C14H19NO. The number of benzene rings is 1. The zero-order valence-corrected chi connectivity index (χ0v) is 9.83. The number of ether oxygens (including phenoxy) is 1. The van der Waals surface area contributed by atoms with E-state index in [1.165, 1.54) is 19.3 Å². The minimum atomic E-state index is 0.590. The zero-order valence-electron chi connectivity index (χ0n) is 9.83. The molecule has 0 radical (unpaired) electrons. The highest BCUT2D eigenvalue weighted by atomic mass is 16.5. The van der Waals surface area contributed by atoms with Gasteiger partial charge in [0.05, 0.1) is 0 Å². The van der Waals surface area contributed by atoms with E-state index in [2.05, 4.69) is 24.0 Å². The molecule has 0 bridgehead atoms. The molecule has 0 amide bonds. The lowest BCUT2D eigenvalue weighted by Gasteiger charge is -2.27. The predicted molar refractivity (Wildman–Crippen MR) is 68.0 cm³/mol. The van der Waals surface area contributed by atoms with Gasteiger partial charge >= 0.3 is 0 Å². The van der Waals surface area contributed by atoms with Crippen LogP contribution >= 0.6 is 0 Å². The number of anilines is 1. The van der Waals surface area contributed by atoms with Crippen molar-refractivity contribution in [1.29, 1.82) is 0 Å². The van der Waals surface area contributed by atoms with Crippen molar-refractivity contribution < 1.29 is 4.74 Å². The average molecular weight is 217 g/mol. The van der Waals surface area contributed by atoms with E-state index in [-0.39, 0.29) is 0 Å². The third-order valence-corrected chi connectivity index (χ3v) is 2.80. The summed E-state index contributed by atoms with van der Waals surface area (Å²) in [5, 5.41) is 3.50. The third-order valence-electron chi connectivity index (χ3n) is 2.80. The monoisotopic (exact) mass is 217 g/mol. The lowest BCUT2D eigenvalue weighted by molar-refractivity contribution is 0.352. The van der Waals surface area contributed by atoms with Crippen LogP contribution in [0.1, 0.15) is 26.2 Å². The maximum absolute atomic E-state index is 5.60. The predicted octanol–water partition coefficient (Wildman–Crippen LogP) is 3.61. The highest BCUT2D eigenvalue weighted by Crippen LogP contribution is 2.25. The van der Waals surface area contributed by atoms with Crippen LogP contribution in [-0.4, -0.2) is 12.6 Å². The standard InChI is InChI=1S/C14H19NO/c1-11(2)10-16-14-8-4-7-13(9-14)15-12-5-3-6-12/h4,7-9,12,15H,1,3,5-6,10H2,2H3. The fraction of sp³-hybridized carbons (Fsp3) is 0.429. The molecule has 1 saturated carbocycles. The van der Waals surface area contributed by atoms with Gasteiger partial charge in [0.25, 0.3) is 0 Å². The second-order valence-electron chi connectivity index (χ2n) is 4.55. The molecule has 1 aliphatic rings. The second-order valence-corrected chi connectivity index (χ2v) is 4.55. The molecule has 0 heterocycles. The summed E-state index contributed by atoms with van der Waals surface area (Å²) in [6.45, 7) is 6.38. The first-order valence-electron chi connectivity index (χ1n) is 5.88. The van der Waals surface area contributed by atoms with Crippen LogP contribution < -0.4 is 10.1 Å². The van der Waals surface area contributed by atoms with Gasteiger partial charge in [-0.2, -0.15) is 0 Å². The van der Waals surface area contributed by atoms with E-state index in [0.29, 0.717) is 12.6 Å². The summed E-state index contributed by atoms with van der Waals surface area (Å²) < 4.78 is 5.60. The Morgan fingerprint density at radius 3 is 2.94 bits per heavy atom. The highest BCUT2D eigenvalue weighted by Gasteiger charge is 2.16. The molecule has 1 aromatic rings. The van der Waals surface area contributed by atoms with Gasteiger partial charge in [0.15, 0.2) is 0 Å². The summed E-state index contributed by atoms with van der Waals surface area (Å²) in [4.78, 5) is 0. The lowest BCUT2D eigenvalue weighted by atomic mass is 9.93. The van der Waals surface area contributed by atoms with E-state index in [1.807, 2.05) is 19.1 Å². The van der Waals surface area contributed by atoms with Crippen LogP contribution in [0.5, 0.6) is 5.75 Å². The Kier molecular flexibility index (Phi) is 3.50. The Balaban J connectivity index is 1.92. The van der Waals surface area contributed by atoms with E-state index in [9.17, 15) is 0 Å². The molecule has 2 rings (SSSR count). The molecular weight excluding hydrogens is 198 g/mol. The minimum Gasteiger partial charge on any atom is -0.489 e. The van der Waals surface area contributed by atoms with Crippen LogP contribution in [0, 0.1) is 0 Å².